The van der Waals surface area contributed by atoms with Crippen LogP contribution in [0.3, 0.4) is 0 Å². The van der Waals surface area contributed by atoms with Crippen LogP contribution in [0.5, 0.6) is 5.88 Å². The lowest BCUT2D eigenvalue weighted by molar-refractivity contribution is -0.126. The fraction of sp³-hybridized carbons (Fsp3) is 0.409. The van der Waals surface area contributed by atoms with E-state index in [4.69, 9.17) is 4.74 Å². The minimum absolute atomic E-state index is 0.0160. The van der Waals surface area contributed by atoms with Crippen LogP contribution in [-0.2, 0) is 22.6 Å². The predicted octanol–water partition coefficient (Wildman–Crippen LogP) is 3.10. The van der Waals surface area contributed by atoms with Gasteiger partial charge in [-0.3, -0.25) is 9.59 Å². The lowest BCUT2D eigenvalue weighted by Gasteiger charge is -2.17. The number of aryl methyl sites for hydroxylation is 1. The molecule has 0 spiro atoms. The topological polar surface area (TPSA) is 71.5 Å². The van der Waals surface area contributed by atoms with Gasteiger partial charge >= 0.3 is 0 Å². The van der Waals surface area contributed by atoms with Gasteiger partial charge in [0.25, 0.3) is 0 Å². The van der Waals surface area contributed by atoms with Crippen LogP contribution in [0.15, 0.2) is 42.6 Å². The maximum atomic E-state index is 12.6. The SMILES string of the molecule is CCCOc1ncccc1CNC(=O)[C@@H]1CC(=O)N(c2ccc(CC)cc2)C1. The third-order valence-corrected chi connectivity index (χ3v) is 4.90. The zero-order chi connectivity index (χ0) is 19.9. The Kier molecular flexibility index (Phi) is 6.63. The fourth-order valence-electron chi connectivity index (χ4n) is 3.26. The molecule has 2 aromatic rings. The van der Waals surface area contributed by atoms with Gasteiger partial charge < -0.3 is 15.0 Å². The Bertz CT molecular complexity index is 820. The molecule has 0 saturated carbocycles. The summed E-state index contributed by atoms with van der Waals surface area (Å²) >= 11 is 0. The third kappa shape index (κ3) is 4.68. The summed E-state index contributed by atoms with van der Waals surface area (Å²) in [5, 5.41) is 2.93. The van der Waals surface area contributed by atoms with E-state index in [0.29, 0.717) is 25.6 Å². The summed E-state index contributed by atoms with van der Waals surface area (Å²) in [5.74, 6) is 0.0592. The Balaban J connectivity index is 1.59. The summed E-state index contributed by atoms with van der Waals surface area (Å²) in [5.41, 5.74) is 2.91. The molecule has 2 heterocycles. The number of ether oxygens (including phenoxy) is 1. The number of pyridine rings is 1. The van der Waals surface area contributed by atoms with Crippen LogP contribution in [0, 0.1) is 5.92 Å². The van der Waals surface area contributed by atoms with Crippen molar-refractivity contribution >= 4 is 17.5 Å². The molecule has 0 radical (unpaired) electrons. The molecule has 0 bridgehead atoms. The number of rotatable bonds is 8. The molecule has 0 unspecified atom stereocenters. The van der Waals surface area contributed by atoms with E-state index in [0.717, 1.165) is 24.1 Å². The average Bonchev–Trinajstić information content (AvgIpc) is 3.12. The largest absolute Gasteiger partial charge is 0.477 e. The number of carbonyl (C=O) groups excluding carboxylic acids is 2. The zero-order valence-electron chi connectivity index (χ0n) is 16.5. The summed E-state index contributed by atoms with van der Waals surface area (Å²) in [6, 6.07) is 11.7. The van der Waals surface area contributed by atoms with Crippen molar-refractivity contribution < 1.29 is 14.3 Å². The standard InChI is InChI=1S/C22H27N3O3/c1-3-12-28-22-17(6-5-11-23-22)14-24-21(27)18-13-20(26)25(15-18)19-9-7-16(4-2)8-10-19/h5-11,18H,3-4,12-15H2,1-2H3,(H,24,27)/t18-/m1/s1. The molecule has 1 fully saturated rings. The number of nitrogens with zero attached hydrogens (tertiary/aromatic N) is 2. The van der Waals surface area contributed by atoms with Crippen LogP contribution < -0.4 is 15.0 Å². The van der Waals surface area contributed by atoms with Gasteiger partial charge in [-0.1, -0.05) is 32.0 Å². The van der Waals surface area contributed by atoms with Crippen molar-refractivity contribution in [3.05, 3.63) is 53.7 Å². The number of benzene rings is 1. The smallest absolute Gasteiger partial charge is 0.227 e. The first-order valence-electron chi connectivity index (χ1n) is 9.86. The van der Waals surface area contributed by atoms with Crippen LogP contribution >= 0.6 is 0 Å². The maximum absolute atomic E-state index is 12.6. The molecule has 2 amide bonds. The van der Waals surface area contributed by atoms with Gasteiger partial charge in [0.2, 0.25) is 17.7 Å². The van der Waals surface area contributed by atoms with Crippen LogP contribution in [-0.4, -0.2) is 29.9 Å². The molecule has 1 N–H and O–H groups in total. The Morgan fingerprint density at radius 3 is 2.75 bits per heavy atom. The summed E-state index contributed by atoms with van der Waals surface area (Å²) in [4.78, 5) is 31.0. The fourth-order valence-corrected chi connectivity index (χ4v) is 3.26. The second-order valence-corrected chi connectivity index (χ2v) is 6.96. The molecule has 6 heteroatoms. The molecule has 3 rings (SSSR count). The molecular weight excluding hydrogens is 354 g/mol. The van der Waals surface area contributed by atoms with Gasteiger partial charge in [-0.05, 0) is 36.6 Å². The first kappa shape index (κ1) is 19.9. The Morgan fingerprint density at radius 2 is 2.04 bits per heavy atom. The van der Waals surface area contributed by atoms with E-state index in [9.17, 15) is 9.59 Å². The van der Waals surface area contributed by atoms with Crippen LogP contribution in [0.2, 0.25) is 0 Å². The number of amides is 2. The van der Waals surface area contributed by atoms with Crippen molar-refractivity contribution in [3.8, 4) is 5.88 Å². The van der Waals surface area contributed by atoms with Crippen LogP contribution in [0.25, 0.3) is 0 Å². The predicted molar refractivity (Wildman–Crippen MR) is 108 cm³/mol. The van der Waals surface area contributed by atoms with Gasteiger partial charge in [0, 0.05) is 37.0 Å². The second-order valence-electron chi connectivity index (χ2n) is 6.96. The molecule has 1 saturated heterocycles. The van der Waals surface area contributed by atoms with Gasteiger partial charge in [0.05, 0.1) is 12.5 Å². The highest BCUT2D eigenvalue weighted by Gasteiger charge is 2.35. The molecule has 1 aliphatic heterocycles. The lowest BCUT2D eigenvalue weighted by Crippen LogP contribution is -2.32. The molecule has 28 heavy (non-hydrogen) atoms. The summed E-state index contributed by atoms with van der Waals surface area (Å²) in [6.07, 6.45) is 3.75. The second kappa shape index (κ2) is 9.35. The molecule has 1 atom stereocenters. The quantitative estimate of drug-likeness (QED) is 0.763. The molecule has 1 aliphatic rings. The number of aromatic nitrogens is 1. The van der Waals surface area contributed by atoms with E-state index in [2.05, 4.69) is 17.2 Å². The number of anilines is 1. The first-order chi connectivity index (χ1) is 13.6. The number of hydrogen-bond acceptors (Lipinski definition) is 4. The molecule has 6 nitrogen and oxygen atoms in total. The Labute approximate surface area is 165 Å². The van der Waals surface area contributed by atoms with Gasteiger partial charge in [-0.15, -0.1) is 0 Å². The lowest BCUT2D eigenvalue weighted by atomic mass is 10.1. The normalized spacial score (nSPS) is 16.3. The van der Waals surface area contributed by atoms with E-state index in [1.165, 1.54) is 5.56 Å². The van der Waals surface area contributed by atoms with E-state index in [-0.39, 0.29) is 24.2 Å². The highest BCUT2D eigenvalue weighted by Crippen LogP contribution is 2.26. The van der Waals surface area contributed by atoms with Crippen molar-refractivity contribution in [1.82, 2.24) is 10.3 Å². The van der Waals surface area contributed by atoms with E-state index < -0.39 is 0 Å². The Hall–Kier alpha value is -2.89. The van der Waals surface area contributed by atoms with Crippen molar-refractivity contribution in [3.63, 3.8) is 0 Å². The highest BCUT2D eigenvalue weighted by molar-refractivity contribution is 6.00. The van der Waals surface area contributed by atoms with Crippen molar-refractivity contribution in [2.45, 2.75) is 39.7 Å². The summed E-state index contributed by atoms with van der Waals surface area (Å²) in [7, 11) is 0. The Morgan fingerprint density at radius 1 is 1.25 bits per heavy atom. The molecule has 1 aromatic carbocycles. The third-order valence-electron chi connectivity index (χ3n) is 4.90. The maximum Gasteiger partial charge on any atom is 0.227 e. The van der Waals surface area contributed by atoms with E-state index in [1.807, 2.05) is 43.3 Å². The highest BCUT2D eigenvalue weighted by atomic mass is 16.5. The van der Waals surface area contributed by atoms with Gasteiger partial charge in [0.15, 0.2) is 0 Å². The molecule has 1 aromatic heterocycles. The number of carbonyl (C=O) groups is 2. The molecule has 148 valence electrons. The minimum Gasteiger partial charge on any atom is -0.477 e. The summed E-state index contributed by atoms with van der Waals surface area (Å²) < 4.78 is 5.63. The van der Waals surface area contributed by atoms with Gasteiger partial charge in [-0.25, -0.2) is 4.98 Å². The van der Waals surface area contributed by atoms with Gasteiger partial charge in [-0.2, -0.15) is 0 Å². The van der Waals surface area contributed by atoms with Crippen LogP contribution in [0.1, 0.15) is 37.8 Å². The van der Waals surface area contributed by atoms with E-state index in [1.54, 1.807) is 11.1 Å². The van der Waals surface area contributed by atoms with E-state index >= 15 is 0 Å². The average molecular weight is 381 g/mol. The molecule has 0 aliphatic carbocycles. The molecular formula is C22H27N3O3. The zero-order valence-corrected chi connectivity index (χ0v) is 16.5. The van der Waals surface area contributed by atoms with Crippen molar-refractivity contribution in [2.24, 2.45) is 5.92 Å². The number of hydrogen-bond donors (Lipinski definition) is 1. The van der Waals surface area contributed by atoms with Gasteiger partial charge in [0.1, 0.15) is 0 Å². The van der Waals surface area contributed by atoms with Crippen LogP contribution in [0.4, 0.5) is 5.69 Å². The van der Waals surface area contributed by atoms with Crippen molar-refractivity contribution in [1.29, 1.82) is 0 Å². The summed E-state index contributed by atoms with van der Waals surface area (Å²) in [6.45, 7) is 5.45. The van der Waals surface area contributed by atoms with Crippen molar-refractivity contribution in [2.75, 3.05) is 18.1 Å². The minimum atomic E-state index is -0.352. The first-order valence-corrected chi connectivity index (χ1v) is 9.86. The number of nitrogens with one attached hydrogen (secondary N) is 1. The monoisotopic (exact) mass is 381 g/mol.